The van der Waals surface area contributed by atoms with Gasteiger partial charge in [-0.1, -0.05) is 30.3 Å². The average Bonchev–Trinajstić information content (AvgIpc) is 2.49. The maximum atomic E-state index is 12.5. The summed E-state index contributed by atoms with van der Waals surface area (Å²) in [5, 5.41) is 0. The summed E-state index contributed by atoms with van der Waals surface area (Å²) in [6.07, 6.45) is -1.96. The third kappa shape index (κ3) is 4.13. The van der Waals surface area contributed by atoms with Crippen molar-refractivity contribution < 1.29 is 23.8 Å². The van der Waals surface area contributed by atoms with E-state index in [1.54, 1.807) is 27.7 Å². The SMILES string of the molecule is CCO[C@H](C)O[C@H]1C(=O)N(C(=O)OC(C)(C)C)[C@H]1c1ccccc1. The summed E-state index contributed by atoms with van der Waals surface area (Å²) >= 11 is 0. The van der Waals surface area contributed by atoms with Gasteiger partial charge in [-0.25, -0.2) is 9.69 Å². The normalized spacial score (nSPS) is 22.0. The summed E-state index contributed by atoms with van der Waals surface area (Å²) < 4.78 is 16.4. The lowest BCUT2D eigenvalue weighted by Gasteiger charge is -2.45. The fraction of sp³-hybridized carbons (Fsp3) is 0.556. The minimum atomic E-state index is -0.763. The molecule has 0 saturated carbocycles. The van der Waals surface area contributed by atoms with Crippen molar-refractivity contribution in [2.45, 2.75) is 58.7 Å². The number of likely N-dealkylation sites (tertiary alicyclic amines) is 1. The number of nitrogens with zero attached hydrogens (tertiary/aromatic N) is 1. The Kier molecular flexibility index (Phi) is 5.62. The third-order valence-electron chi connectivity index (χ3n) is 3.52. The van der Waals surface area contributed by atoms with E-state index in [9.17, 15) is 9.59 Å². The Morgan fingerprint density at radius 1 is 1.25 bits per heavy atom. The number of hydrogen-bond acceptors (Lipinski definition) is 5. The van der Waals surface area contributed by atoms with Gasteiger partial charge in [-0.05, 0) is 40.2 Å². The van der Waals surface area contributed by atoms with E-state index in [1.165, 1.54) is 0 Å². The molecule has 1 aromatic rings. The molecule has 2 amide bonds. The molecule has 1 heterocycles. The van der Waals surface area contributed by atoms with Crippen LogP contribution in [0.2, 0.25) is 0 Å². The fourth-order valence-corrected chi connectivity index (χ4v) is 2.56. The zero-order chi connectivity index (χ0) is 17.9. The molecular weight excluding hydrogens is 310 g/mol. The molecule has 0 aromatic heterocycles. The van der Waals surface area contributed by atoms with E-state index in [-0.39, 0.29) is 0 Å². The topological polar surface area (TPSA) is 65.1 Å². The lowest BCUT2D eigenvalue weighted by molar-refractivity contribution is -0.211. The van der Waals surface area contributed by atoms with Crippen LogP contribution in [0, 0.1) is 0 Å². The molecule has 6 heteroatoms. The van der Waals surface area contributed by atoms with Gasteiger partial charge < -0.3 is 14.2 Å². The maximum Gasteiger partial charge on any atom is 0.417 e. The number of rotatable bonds is 5. The smallest absolute Gasteiger partial charge is 0.417 e. The van der Waals surface area contributed by atoms with Crippen LogP contribution in [0.15, 0.2) is 30.3 Å². The van der Waals surface area contributed by atoms with Crippen molar-refractivity contribution in [1.82, 2.24) is 4.90 Å². The minimum Gasteiger partial charge on any atom is -0.443 e. The van der Waals surface area contributed by atoms with E-state index in [4.69, 9.17) is 14.2 Å². The molecule has 0 radical (unpaired) electrons. The third-order valence-corrected chi connectivity index (χ3v) is 3.52. The first-order valence-electron chi connectivity index (χ1n) is 8.12. The predicted molar refractivity (Wildman–Crippen MR) is 88.2 cm³/mol. The van der Waals surface area contributed by atoms with Crippen molar-refractivity contribution in [3.8, 4) is 0 Å². The Labute approximate surface area is 142 Å². The number of carbonyl (C=O) groups is 2. The Morgan fingerprint density at radius 2 is 1.88 bits per heavy atom. The van der Waals surface area contributed by atoms with Crippen LogP contribution in [0.1, 0.15) is 46.2 Å². The molecule has 3 atom stereocenters. The van der Waals surface area contributed by atoms with Gasteiger partial charge in [-0.2, -0.15) is 0 Å². The first-order valence-corrected chi connectivity index (χ1v) is 8.12. The summed E-state index contributed by atoms with van der Waals surface area (Å²) in [6, 6.07) is 8.78. The van der Waals surface area contributed by atoms with Gasteiger partial charge in [0.05, 0.1) is 0 Å². The quantitative estimate of drug-likeness (QED) is 0.610. The number of carbonyl (C=O) groups excluding carboxylic acids is 2. The maximum absolute atomic E-state index is 12.5. The van der Waals surface area contributed by atoms with Crippen LogP contribution in [-0.4, -0.2) is 41.5 Å². The molecule has 1 aliphatic heterocycles. The van der Waals surface area contributed by atoms with E-state index < -0.39 is 36.0 Å². The molecule has 0 unspecified atom stereocenters. The van der Waals surface area contributed by atoms with Crippen LogP contribution in [0.3, 0.4) is 0 Å². The molecule has 2 rings (SSSR count). The second-order valence-corrected chi connectivity index (χ2v) is 6.62. The van der Waals surface area contributed by atoms with Crippen LogP contribution >= 0.6 is 0 Å². The number of hydrogen-bond donors (Lipinski definition) is 0. The first-order chi connectivity index (χ1) is 11.2. The van der Waals surface area contributed by atoms with Gasteiger partial charge >= 0.3 is 6.09 Å². The van der Waals surface area contributed by atoms with Gasteiger partial charge in [0.15, 0.2) is 12.4 Å². The zero-order valence-corrected chi connectivity index (χ0v) is 14.8. The standard InChI is InChI=1S/C18H25NO5/c1-6-22-12(2)23-15-14(13-10-8-7-9-11-13)19(16(15)20)17(21)24-18(3,4)5/h7-12,14-15H,6H2,1-5H3/t12-,14-,15+/m0/s1. The van der Waals surface area contributed by atoms with Gasteiger partial charge in [-0.3, -0.25) is 4.79 Å². The highest BCUT2D eigenvalue weighted by Gasteiger charge is 2.54. The molecule has 1 fully saturated rings. The van der Waals surface area contributed by atoms with E-state index in [1.807, 2.05) is 37.3 Å². The van der Waals surface area contributed by atoms with Gasteiger partial charge in [0.1, 0.15) is 11.6 Å². The molecule has 0 N–H and O–H groups in total. The number of benzene rings is 1. The predicted octanol–water partition coefficient (Wildman–Crippen LogP) is 3.27. The molecular formula is C18H25NO5. The van der Waals surface area contributed by atoms with Gasteiger partial charge in [0.25, 0.3) is 5.91 Å². The zero-order valence-electron chi connectivity index (χ0n) is 14.8. The summed E-state index contributed by atoms with van der Waals surface area (Å²) in [7, 11) is 0. The average molecular weight is 335 g/mol. The minimum absolute atomic E-state index is 0.412. The largest absolute Gasteiger partial charge is 0.443 e. The monoisotopic (exact) mass is 335 g/mol. The van der Waals surface area contributed by atoms with Crippen LogP contribution in [0.5, 0.6) is 0 Å². The van der Waals surface area contributed by atoms with Crippen molar-refractivity contribution in [1.29, 1.82) is 0 Å². The Morgan fingerprint density at radius 3 is 2.42 bits per heavy atom. The molecule has 0 spiro atoms. The Bertz CT molecular complexity index is 581. The highest BCUT2D eigenvalue weighted by molar-refractivity contribution is 6.01. The Balaban J connectivity index is 2.21. The summed E-state index contributed by atoms with van der Waals surface area (Å²) in [5.74, 6) is -0.412. The van der Waals surface area contributed by atoms with Crippen LogP contribution in [0.25, 0.3) is 0 Å². The summed E-state index contributed by atoms with van der Waals surface area (Å²) in [5.41, 5.74) is 0.139. The highest BCUT2D eigenvalue weighted by Crippen LogP contribution is 2.38. The lowest BCUT2D eigenvalue weighted by Crippen LogP contribution is -2.63. The second kappa shape index (κ2) is 7.32. The molecule has 1 aliphatic rings. The van der Waals surface area contributed by atoms with Crippen LogP contribution in [0.4, 0.5) is 4.79 Å². The number of amides is 2. The molecule has 132 valence electrons. The van der Waals surface area contributed by atoms with Crippen LogP contribution < -0.4 is 0 Å². The molecule has 6 nitrogen and oxygen atoms in total. The number of β-lactam (4-membered cyclic amide) rings is 1. The second-order valence-electron chi connectivity index (χ2n) is 6.62. The van der Waals surface area contributed by atoms with E-state index in [0.717, 1.165) is 10.5 Å². The molecule has 1 saturated heterocycles. The fourth-order valence-electron chi connectivity index (χ4n) is 2.56. The van der Waals surface area contributed by atoms with Crippen molar-refractivity contribution in [2.75, 3.05) is 6.61 Å². The van der Waals surface area contributed by atoms with Gasteiger partial charge in [-0.15, -0.1) is 0 Å². The van der Waals surface area contributed by atoms with Crippen molar-refractivity contribution >= 4 is 12.0 Å². The van der Waals surface area contributed by atoms with E-state index in [0.29, 0.717) is 6.61 Å². The lowest BCUT2D eigenvalue weighted by atomic mass is 9.91. The van der Waals surface area contributed by atoms with Crippen molar-refractivity contribution in [2.24, 2.45) is 0 Å². The van der Waals surface area contributed by atoms with Gasteiger partial charge in [0.2, 0.25) is 0 Å². The molecule has 24 heavy (non-hydrogen) atoms. The van der Waals surface area contributed by atoms with Gasteiger partial charge in [0, 0.05) is 6.61 Å². The first kappa shape index (κ1) is 18.4. The Hall–Kier alpha value is -1.92. The van der Waals surface area contributed by atoms with Crippen molar-refractivity contribution in [3.63, 3.8) is 0 Å². The molecule has 0 bridgehead atoms. The molecule has 1 aromatic carbocycles. The summed E-state index contributed by atoms with van der Waals surface area (Å²) in [6.45, 7) is 9.35. The van der Waals surface area contributed by atoms with E-state index >= 15 is 0 Å². The van der Waals surface area contributed by atoms with E-state index in [2.05, 4.69) is 0 Å². The number of ether oxygens (including phenoxy) is 3. The van der Waals surface area contributed by atoms with Crippen LogP contribution in [-0.2, 0) is 19.0 Å². The van der Waals surface area contributed by atoms with Crippen molar-refractivity contribution in [3.05, 3.63) is 35.9 Å². The summed E-state index contributed by atoms with van der Waals surface area (Å²) in [4.78, 5) is 26.0. The highest BCUT2D eigenvalue weighted by atomic mass is 16.7. The number of imide groups is 1. The molecule has 0 aliphatic carbocycles.